The standard InChI is InChI=1S/C22H26N6S/c1-15(2)20-14-27(21-10-9-16(3)25-26-21)12-13-28(20)22(29)24-19-8-4-7-18-17(19)6-5-11-23-18/h4-11,15,20H,12-14H2,1-3H3,(H,24,29). The molecule has 7 heteroatoms. The van der Waals surface area contributed by atoms with Gasteiger partial charge in [0.05, 0.1) is 17.3 Å². The predicted molar refractivity (Wildman–Crippen MR) is 122 cm³/mol. The lowest BCUT2D eigenvalue weighted by molar-refractivity contribution is 0.227. The normalized spacial score (nSPS) is 17.0. The van der Waals surface area contributed by atoms with Crippen molar-refractivity contribution in [1.29, 1.82) is 0 Å². The molecule has 1 saturated heterocycles. The first-order valence-corrected chi connectivity index (χ1v) is 10.4. The van der Waals surface area contributed by atoms with E-state index in [1.165, 1.54) is 0 Å². The highest BCUT2D eigenvalue weighted by molar-refractivity contribution is 7.80. The zero-order chi connectivity index (χ0) is 20.4. The summed E-state index contributed by atoms with van der Waals surface area (Å²) in [6.45, 7) is 9.01. The Morgan fingerprint density at radius 2 is 1.97 bits per heavy atom. The van der Waals surface area contributed by atoms with E-state index in [1.54, 1.807) is 0 Å². The number of fused-ring (bicyclic) bond motifs is 1. The van der Waals surface area contributed by atoms with Crippen molar-refractivity contribution in [2.24, 2.45) is 5.92 Å². The molecule has 3 aromatic rings. The zero-order valence-corrected chi connectivity index (χ0v) is 17.9. The molecule has 29 heavy (non-hydrogen) atoms. The summed E-state index contributed by atoms with van der Waals surface area (Å²) in [4.78, 5) is 9.05. The average molecular weight is 407 g/mol. The van der Waals surface area contributed by atoms with Crippen molar-refractivity contribution in [3.8, 4) is 0 Å². The van der Waals surface area contributed by atoms with Crippen LogP contribution in [0.25, 0.3) is 10.9 Å². The van der Waals surface area contributed by atoms with E-state index in [2.05, 4.69) is 62.3 Å². The van der Waals surface area contributed by atoms with Gasteiger partial charge in [-0.1, -0.05) is 19.9 Å². The van der Waals surface area contributed by atoms with Gasteiger partial charge in [-0.3, -0.25) is 4.98 Å². The fourth-order valence-corrected chi connectivity index (χ4v) is 4.14. The van der Waals surface area contributed by atoms with Gasteiger partial charge in [0.25, 0.3) is 0 Å². The van der Waals surface area contributed by atoms with E-state index in [-0.39, 0.29) is 0 Å². The van der Waals surface area contributed by atoms with E-state index in [1.807, 2.05) is 37.4 Å². The molecule has 6 nitrogen and oxygen atoms in total. The second-order valence-corrected chi connectivity index (χ2v) is 8.18. The lowest BCUT2D eigenvalue weighted by atomic mass is 10.00. The van der Waals surface area contributed by atoms with E-state index >= 15 is 0 Å². The molecule has 0 aliphatic carbocycles. The number of piperazine rings is 1. The Bertz CT molecular complexity index is 998. The third-order valence-electron chi connectivity index (χ3n) is 5.44. The lowest BCUT2D eigenvalue weighted by Crippen LogP contribution is -2.58. The Morgan fingerprint density at radius 1 is 1.10 bits per heavy atom. The van der Waals surface area contributed by atoms with E-state index in [9.17, 15) is 0 Å². The lowest BCUT2D eigenvalue weighted by Gasteiger charge is -2.45. The summed E-state index contributed by atoms with van der Waals surface area (Å²) < 4.78 is 0. The van der Waals surface area contributed by atoms with Crippen molar-refractivity contribution in [3.05, 3.63) is 54.4 Å². The van der Waals surface area contributed by atoms with Crippen LogP contribution in [0.15, 0.2) is 48.7 Å². The van der Waals surface area contributed by atoms with Gasteiger partial charge in [-0.2, -0.15) is 5.10 Å². The third-order valence-corrected chi connectivity index (χ3v) is 5.78. The smallest absolute Gasteiger partial charge is 0.173 e. The molecule has 1 N–H and O–H groups in total. The zero-order valence-electron chi connectivity index (χ0n) is 17.0. The fourth-order valence-electron chi connectivity index (χ4n) is 3.80. The maximum absolute atomic E-state index is 5.84. The number of thiocarbonyl (C=S) groups is 1. The van der Waals surface area contributed by atoms with Crippen LogP contribution in [0, 0.1) is 12.8 Å². The number of benzene rings is 1. The molecule has 0 amide bonds. The van der Waals surface area contributed by atoms with Crippen molar-refractivity contribution in [1.82, 2.24) is 20.1 Å². The first kappa shape index (κ1) is 19.5. The highest BCUT2D eigenvalue weighted by Gasteiger charge is 2.31. The van der Waals surface area contributed by atoms with Crippen LogP contribution in [0.5, 0.6) is 0 Å². The van der Waals surface area contributed by atoms with Gasteiger partial charge in [-0.25, -0.2) is 0 Å². The predicted octanol–water partition coefficient (Wildman–Crippen LogP) is 3.88. The van der Waals surface area contributed by atoms with Gasteiger partial charge in [0.15, 0.2) is 10.9 Å². The molecule has 1 aromatic carbocycles. The number of nitrogens with one attached hydrogen (secondary N) is 1. The summed E-state index contributed by atoms with van der Waals surface area (Å²) in [6.07, 6.45) is 1.81. The first-order chi connectivity index (χ1) is 14.0. The average Bonchev–Trinajstić information content (AvgIpc) is 2.74. The molecule has 3 heterocycles. The van der Waals surface area contributed by atoms with Crippen LogP contribution in [0.3, 0.4) is 0 Å². The van der Waals surface area contributed by atoms with Crippen LogP contribution >= 0.6 is 12.2 Å². The number of aryl methyl sites for hydroxylation is 1. The van der Waals surface area contributed by atoms with Crippen LogP contribution < -0.4 is 10.2 Å². The summed E-state index contributed by atoms with van der Waals surface area (Å²) >= 11 is 5.84. The Labute approximate surface area is 177 Å². The van der Waals surface area contributed by atoms with E-state index in [0.29, 0.717) is 12.0 Å². The highest BCUT2D eigenvalue weighted by atomic mass is 32.1. The minimum atomic E-state index is 0.292. The molecule has 1 fully saturated rings. The van der Waals surface area contributed by atoms with Gasteiger partial charge in [0, 0.05) is 36.9 Å². The van der Waals surface area contributed by atoms with Crippen molar-refractivity contribution in [3.63, 3.8) is 0 Å². The summed E-state index contributed by atoms with van der Waals surface area (Å²) in [5, 5.41) is 13.9. The van der Waals surface area contributed by atoms with Crippen molar-refractivity contribution < 1.29 is 0 Å². The summed E-state index contributed by atoms with van der Waals surface area (Å²) in [5.74, 6) is 1.38. The van der Waals surface area contributed by atoms with Crippen LogP contribution in [0.2, 0.25) is 0 Å². The minimum absolute atomic E-state index is 0.292. The first-order valence-electron chi connectivity index (χ1n) is 9.99. The SMILES string of the molecule is Cc1ccc(N2CCN(C(=S)Nc3cccc4ncccc34)C(C(C)C)C2)nn1. The Balaban J connectivity index is 1.52. The molecule has 2 aromatic heterocycles. The number of rotatable bonds is 3. The van der Waals surface area contributed by atoms with Crippen LogP contribution in [0.1, 0.15) is 19.5 Å². The molecule has 1 atom stereocenters. The van der Waals surface area contributed by atoms with Gasteiger partial charge >= 0.3 is 0 Å². The Morgan fingerprint density at radius 3 is 2.72 bits per heavy atom. The van der Waals surface area contributed by atoms with E-state index < -0.39 is 0 Å². The molecule has 0 spiro atoms. The number of anilines is 2. The van der Waals surface area contributed by atoms with Crippen molar-refractivity contribution in [2.75, 3.05) is 29.9 Å². The highest BCUT2D eigenvalue weighted by Crippen LogP contribution is 2.25. The van der Waals surface area contributed by atoms with Gasteiger partial charge < -0.3 is 15.1 Å². The second-order valence-electron chi connectivity index (χ2n) is 7.79. The topological polar surface area (TPSA) is 57.2 Å². The molecule has 1 aliphatic rings. The summed E-state index contributed by atoms with van der Waals surface area (Å²) in [6, 6.07) is 14.5. The minimum Gasteiger partial charge on any atom is -0.351 e. The number of aromatic nitrogens is 3. The number of nitrogens with zero attached hydrogens (tertiary/aromatic N) is 5. The monoisotopic (exact) mass is 406 g/mol. The maximum Gasteiger partial charge on any atom is 0.173 e. The molecule has 150 valence electrons. The van der Waals surface area contributed by atoms with Crippen LogP contribution in [0.4, 0.5) is 11.5 Å². The van der Waals surface area contributed by atoms with Gasteiger partial charge in [0.2, 0.25) is 0 Å². The van der Waals surface area contributed by atoms with E-state index in [0.717, 1.165) is 52.8 Å². The number of hydrogen-bond acceptors (Lipinski definition) is 5. The molecule has 1 unspecified atom stereocenters. The van der Waals surface area contributed by atoms with Crippen molar-refractivity contribution >= 4 is 39.7 Å². The molecule has 0 radical (unpaired) electrons. The van der Waals surface area contributed by atoms with E-state index in [4.69, 9.17) is 12.2 Å². The summed E-state index contributed by atoms with van der Waals surface area (Å²) in [7, 11) is 0. The second kappa shape index (κ2) is 8.29. The number of hydrogen-bond donors (Lipinski definition) is 1. The quantitative estimate of drug-likeness (QED) is 0.663. The Hall–Kier alpha value is -2.80. The van der Waals surface area contributed by atoms with Gasteiger partial charge in [0.1, 0.15) is 0 Å². The molecular formula is C22H26N6S. The van der Waals surface area contributed by atoms with Crippen LogP contribution in [-0.2, 0) is 0 Å². The van der Waals surface area contributed by atoms with Crippen LogP contribution in [-0.4, -0.2) is 50.9 Å². The third kappa shape index (κ3) is 4.15. The largest absolute Gasteiger partial charge is 0.351 e. The van der Waals surface area contributed by atoms with Crippen molar-refractivity contribution in [2.45, 2.75) is 26.8 Å². The maximum atomic E-state index is 5.84. The number of pyridine rings is 1. The van der Waals surface area contributed by atoms with Gasteiger partial charge in [-0.05, 0) is 61.5 Å². The molecule has 1 aliphatic heterocycles. The molecule has 0 saturated carbocycles. The molecule has 4 rings (SSSR count). The van der Waals surface area contributed by atoms with Gasteiger partial charge in [-0.15, -0.1) is 5.10 Å². The fraction of sp³-hybridized carbons (Fsp3) is 0.364. The Kier molecular flexibility index (Phi) is 5.58. The molecular weight excluding hydrogens is 380 g/mol. The summed E-state index contributed by atoms with van der Waals surface area (Å²) in [5.41, 5.74) is 2.89. The molecule has 0 bridgehead atoms.